The number of rotatable bonds is 0. The molecule has 2 N–H and O–H groups in total. The van der Waals surface area contributed by atoms with Gasteiger partial charge in [-0.2, -0.15) is 0 Å². The van der Waals surface area contributed by atoms with E-state index in [1.165, 1.54) is 0 Å². The summed E-state index contributed by atoms with van der Waals surface area (Å²) in [6.07, 6.45) is 1.88. The van der Waals surface area contributed by atoms with Gasteiger partial charge in [0.05, 0.1) is 18.1 Å². The lowest BCUT2D eigenvalue weighted by Crippen LogP contribution is -2.32. The highest BCUT2D eigenvalue weighted by Gasteiger charge is 2.45. The monoisotopic (exact) mass is 266 g/mol. The Morgan fingerprint density at radius 1 is 1.42 bits per heavy atom. The second-order valence-electron chi connectivity index (χ2n) is 5.76. The van der Waals surface area contributed by atoms with Crippen molar-refractivity contribution < 1.29 is 19.7 Å². The number of hydrogen-bond acceptors (Lipinski definition) is 4. The van der Waals surface area contributed by atoms with Gasteiger partial charge in [-0.1, -0.05) is 25.2 Å². The molecule has 0 bridgehead atoms. The van der Waals surface area contributed by atoms with Crippen molar-refractivity contribution in [2.45, 2.75) is 51.4 Å². The third-order valence-electron chi connectivity index (χ3n) is 4.24. The predicted octanol–water partition coefficient (Wildman–Crippen LogP) is 1.57. The fourth-order valence-corrected chi connectivity index (χ4v) is 2.96. The fraction of sp³-hybridized carbons (Fsp3) is 0.667. The molecular weight excluding hydrogens is 244 g/mol. The maximum absolute atomic E-state index is 11.7. The van der Waals surface area contributed by atoms with E-state index in [0.717, 1.165) is 12.0 Å². The van der Waals surface area contributed by atoms with Gasteiger partial charge in [-0.3, -0.25) is 4.79 Å². The molecule has 106 valence electrons. The average Bonchev–Trinajstić information content (AvgIpc) is 2.60. The van der Waals surface area contributed by atoms with Crippen molar-refractivity contribution in [1.82, 2.24) is 0 Å². The summed E-state index contributed by atoms with van der Waals surface area (Å²) >= 11 is 0. The van der Waals surface area contributed by atoms with Crippen molar-refractivity contribution in [2.24, 2.45) is 11.8 Å². The zero-order chi connectivity index (χ0) is 14.2. The van der Waals surface area contributed by atoms with Crippen LogP contribution in [0.15, 0.2) is 23.8 Å². The van der Waals surface area contributed by atoms with Crippen LogP contribution >= 0.6 is 0 Å². The molecule has 4 heteroatoms. The number of esters is 1. The number of carbonyl (C=O) groups excluding carboxylic acids is 1. The Morgan fingerprint density at radius 3 is 2.79 bits per heavy atom. The summed E-state index contributed by atoms with van der Waals surface area (Å²) in [5.41, 5.74) is 1.70. The van der Waals surface area contributed by atoms with E-state index >= 15 is 0 Å². The molecule has 0 unspecified atom stereocenters. The maximum atomic E-state index is 11.7. The third kappa shape index (κ3) is 2.90. The maximum Gasteiger partial charge on any atom is 0.309 e. The van der Waals surface area contributed by atoms with Gasteiger partial charge in [-0.05, 0) is 25.3 Å². The smallest absolute Gasteiger partial charge is 0.309 e. The zero-order valence-corrected chi connectivity index (χ0v) is 11.5. The van der Waals surface area contributed by atoms with Gasteiger partial charge in [0, 0.05) is 12.3 Å². The summed E-state index contributed by atoms with van der Waals surface area (Å²) in [6, 6.07) is 0. The van der Waals surface area contributed by atoms with E-state index in [2.05, 4.69) is 6.58 Å². The van der Waals surface area contributed by atoms with Gasteiger partial charge < -0.3 is 14.9 Å². The van der Waals surface area contributed by atoms with Crippen LogP contribution in [0, 0.1) is 11.8 Å². The molecule has 2 rings (SSSR count). The number of carbonyl (C=O) groups is 1. The summed E-state index contributed by atoms with van der Waals surface area (Å²) in [6.45, 7) is 7.60. The Morgan fingerprint density at radius 2 is 2.11 bits per heavy atom. The van der Waals surface area contributed by atoms with Gasteiger partial charge in [0.25, 0.3) is 0 Å². The van der Waals surface area contributed by atoms with E-state index in [4.69, 9.17) is 4.74 Å². The second-order valence-corrected chi connectivity index (χ2v) is 5.76. The Kier molecular flexibility index (Phi) is 4.11. The first-order valence-corrected chi connectivity index (χ1v) is 6.81. The van der Waals surface area contributed by atoms with E-state index in [0.29, 0.717) is 18.4 Å². The number of fused-ring (bicyclic) bond motifs is 1. The van der Waals surface area contributed by atoms with Crippen molar-refractivity contribution in [1.29, 1.82) is 0 Å². The van der Waals surface area contributed by atoms with Gasteiger partial charge in [0.1, 0.15) is 6.10 Å². The molecule has 1 aliphatic heterocycles. The third-order valence-corrected chi connectivity index (χ3v) is 4.24. The predicted molar refractivity (Wildman–Crippen MR) is 71.3 cm³/mol. The molecule has 1 heterocycles. The quantitative estimate of drug-likeness (QED) is 0.516. The summed E-state index contributed by atoms with van der Waals surface area (Å²) in [7, 11) is 0. The first kappa shape index (κ1) is 14.3. The zero-order valence-electron chi connectivity index (χ0n) is 11.5. The van der Waals surface area contributed by atoms with Crippen molar-refractivity contribution >= 4 is 5.97 Å². The van der Waals surface area contributed by atoms with Gasteiger partial charge in [0.15, 0.2) is 0 Å². The molecule has 4 nitrogen and oxygen atoms in total. The summed E-state index contributed by atoms with van der Waals surface area (Å²) < 4.78 is 5.33. The van der Waals surface area contributed by atoms with Crippen molar-refractivity contribution in [3.05, 3.63) is 23.8 Å². The molecule has 0 amide bonds. The molecule has 0 spiro atoms. The van der Waals surface area contributed by atoms with Crippen LogP contribution in [0.25, 0.3) is 0 Å². The van der Waals surface area contributed by atoms with Crippen LogP contribution < -0.4 is 0 Å². The Labute approximate surface area is 113 Å². The molecule has 19 heavy (non-hydrogen) atoms. The SMILES string of the molecule is C=C1C[C@@H]2OC(=O)[C@H](C)[C@H]2[C@@H](O)C=C(C)CC[C@H]1O. The van der Waals surface area contributed by atoms with E-state index in [-0.39, 0.29) is 23.9 Å². The lowest BCUT2D eigenvalue weighted by atomic mass is 9.81. The molecule has 1 fully saturated rings. The molecular formula is C15H22O4. The lowest BCUT2D eigenvalue weighted by Gasteiger charge is -2.26. The van der Waals surface area contributed by atoms with E-state index < -0.39 is 12.2 Å². The number of ether oxygens (including phenoxy) is 1. The molecule has 0 aromatic carbocycles. The number of aliphatic hydroxyl groups is 2. The number of hydrogen-bond donors (Lipinski definition) is 2. The van der Waals surface area contributed by atoms with Gasteiger partial charge >= 0.3 is 5.97 Å². The van der Waals surface area contributed by atoms with Gasteiger partial charge in [-0.15, -0.1) is 0 Å². The van der Waals surface area contributed by atoms with Gasteiger partial charge in [0.2, 0.25) is 0 Å². The normalized spacial score (nSPS) is 40.4. The lowest BCUT2D eigenvalue weighted by molar-refractivity contribution is -0.143. The van der Waals surface area contributed by atoms with Crippen LogP contribution in [0.5, 0.6) is 0 Å². The Balaban J connectivity index is 2.30. The minimum absolute atomic E-state index is 0.260. The highest BCUT2D eigenvalue weighted by molar-refractivity contribution is 5.75. The van der Waals surface area contributed by atoms with Crippen LogP contribution in [0.2, 0.25) is 0 Å². The van der Waals surface area contributed by atoms with Crippen molar-refractivity contribution in [3.8, 4) is 0 Å². The van der Waals surface area contributed by atoms with Crippen LogP contribution in [-0.4, -0.2) is 34.5 Å². The van der Waals surface area contributed by atoms with Crippen LogP contribution in [-0.2, 0) is 9.53 Å². The first-order valence-electron chi connectivity index (χ1n) is 6.81. The second kappa shape index (κ2) is 5.47. The molecule has 2 aliphatic rings. The topological polar surface area (TPSA) is 66.8 Å². The molecule has 5 atom stereocenters. The van der Waals surface area contributed by atoms with E-state index in [1.54, 1.807) is 13.0 Å². The average molecular weight is 266 g/mol. The fourth-order valence-electron chi connectivity index (χ4n) is 2.96. The Hall–Kier alpha value is -1.13. The van der Waals surface area contributed by atoms with Crippen LogP contribution in [0.4, 0.5) is 0 Å². The van der Waals surface area contributed by atoms with E-state index in [1.807, 2.05) is 6.92 Å². The summed E-state index contributed by atoms with van der Waals surface area (Å²) in [5.74, 6) is -0.862. The number of allylic oxidation sites excluding steroid dienone is 1. The minimum atomic E-state index is -0.686. The van der Waals surface area contributed by atoms with Gasteiger partial charge in [-0.25, -0.2) is 0 Å². The molecule has 0 radical (unpaired) electrons. The molecule has 0 saturated carbocycles. The van der Waals surface area contributed by atoms with Crippen LogP contribution in [0.1, 0.15) is 33.1 Å². The van der Waals surface area contributed by atoms with Crippen molar-refractivity contribution in [3.63, 3.8) is 0 Å². The highest BCUT2D eigenvalue weighted by Crippen LogP contribution is 2.36. The first-order chi connectivity index (χ1) is 8.90. The van der Waals surface area contributed by atoms with Crippen molar-refractivity contribution in [2.75, 3.05) is 0 Å². The minimum Gasteiger partial charge on any atom is -0.461 e. The Bertz CT molecular complexity index is 412. The number of aliphatic hydroxyl groups excluding tert-OH is 2. The standard InChI is InChI=1S/C15H22O4/c1-8-4-5-11(16)9(2)7-13-14(12(17)6-8)10(3)15(18)19-13/h6,10-14,16-17H,2,4-5,7H2,1,3H3/t10-,11-,12+,13+,14+/m1/s1. The molecule has 0 aromatic rings. The summed E-state index contributed by atoms with van der Waals surface area (Å²) in [4.78, 5) is 11.7. The molecule has 1 saturated heterocycles. The molecule has 1 aliphatic carbocycles. The summed E-state index contributed by atoms with van der Waals surface area (Å²) in [5, 5.41) is 20.3. The highest BCUT2D eigenvalue weighted by atomic mass is 16.6. The largest absolute Gasteiger partial charge is 0.461 e. The van der Waals surface area contributed by atoms with Crippen LogP contribution in [0.3, 0.4) is 0 Å². The molecule has 0 aromatic heterocycles. The van der Waals surface area contributed by atoms with E-state index in [9.17, 15) is 15.0 Å².